The normalized spacial score (nSPS) is 11.5. The second kappa shape index (κ2) is 7.10. The number of aryl methyl sites for hydroxylation is 1. The number of aromatic hydroxyl groups is 1. The number of anilines is 3. The zero-order chi connectivity index (χ0) is 20.6. The molecule has 4 rings (SSSR count). The van der Waals surface area contributed by atoms with E-state index in [4.69, 9.17) is 0 Å². The number of nitrogens with zero attached hydrogens (tertiary/aromatic N) is 3. The van der Waals surface area contributed by atoms with E-state index in [1.165, 1.54) is 0 Å². The molecule has 0 saturated carbocycles. The number of benzene rings is 2. The largest absolute Gasteiger partial charge is 0.508 e. The van der Waals surface area contributed by atoms with Gasteiger partial charge in [-0.3, -0.25) is 4.72 Å². The first kappa shape index (κ1) is 18.8. The minimum absolute atomic E-state index is 0.168. The van der Waals surface area contributed by atoms with Crippen LogP contribution in [0.2, 0.25) is 0 Å². The number of rotatable bonds is 5. The molecule has 0 aliphatic heterocycles. The van der Waals surface area contributed by atoms with Crippen molar-refractivity contribution in [3.8, 4) is 16.9 Å². The Morgan fingerprint density at radius 3 is 2.69 bits per heavy atom. The quantitative estimate of drug-likeness (QED) is 0.465. The Balaban J connectivity index is 1.69. The lowest BCUT2D eigenvalue weighted by atomic mass is 10.1. The Morgan fingerprint density at radius 2 is 1.93 bits per heavy atom. The van der Waals surface area contributed by atoms with Gasteiger partial charge in [-0.2, -0.15) is 5.10 Å². The number of hydrogen-bond acceptors (Lipinski definition) is 6. The molecule has 2 aromatic heterocycles. The summed E-state index contributed by atoms with van der Waals surface area (Å²) in [5.74, 6) is 0.746. The van der Waals surface area contributed by atoms with Gasteiger partial charge in [-0.15, -0.1) is 0 Å². The maximum absolute atomic E-state index is 11.6. The van der Waals surface area contributed by atoms with Crippen LogP contribution in [0.4, 0.5) is 17.2 Å². The summed E-state index contributed by atoms with van der Waals surface area (Å²) in [6, 6.07) is 14.1. The highest BCUT2D eigenvalue weighted by Gasteiger charge is 2.11. The topological polar surface area (TPSA) is 109 Å². The zero-order valence-corrected chi connectivity index (χ0v) is 16.6. The molecule has 8 nitrogen and oxygen atoms in total. The van der Waals surface area contributed by atoms with E-state index in [1.807, 2.05) is 25.1 Å². The van der Waals surface area contributed by atoms with E-state index in [0.29, 0.717) is 22.8 Å². The number of fused-ring (bicyclic) bond motifs is 1. The fourth-order valence-electron chi connectivity index (χ4n) is 2.97. The minimum atomic E-state index is -3.38. The summed E-state index contributed by atoms with van der Waals surface area (Å²) < 4.78 is 27.3. The van der Waals surface area contributed by atoms with Crippen LogP contribution in [0.25, 0.3) is 16.8 Å². The number of sulfonamides is 1. The Kier molecular flexibility index (Phi) is 4.59. The maximum Gasteiger partial charge on any atom is 0.229 e. The van der Waals surface area contributed by atoms with E-state index in [9.17, 15) is 13.5 Å². The Labute approximate surface area is 167 Å². The molecule has 2 heterocycles. The molecule has 148 valence electrons. The molecule has 0 saturated heterocycles. The van der Waals surface area contributed by atoms with Crippen LogP contribution >= 0.6 is 0 Å². The number of aromatic nitrogens is 3. The lowest BCUT2D eigenvalue weighted by Gasteiger charge is -2.11. The molecule has 0 atom stereocenters. The van der Waals surface area contributed by atoms with Crippen molar-refractivity contribution in [1.29, 1.82) is 0 Å². The fourth-order valence-corrected chi connectivity index (χ4v) is 3.59. The van der Waals surface area contributed by atoms with Gasteiger partial charge < -0.3 is 10.4 Å². The molecule has 0 aliphatic carbocycles. The molecule has 4 aromatic rings. The minimum Gasteiger partial charge on any atom is -0.508 e. The summed E-state index contributed by atoms with van der Waals surface area (Å²) in [5, 5.41) is 17.3. The molecule has 2 aromatic carbocycles. The van der Waals surface area contributed by atoms with Gasteiger partial charge in [-0.05, 0) is 48.4 Å². The molecule has 0 radical (unpaired) electrons. The van der Waals surface area contributed by atoms with E-state index in [-0.39, 0.29) is 5.75 Å². The molecule has 29 heavy (non-hydrogen) atoms. The van der Waals surface area contributed by atoms with E-state index >= 15 is 0 Å². The molecule has 0 amide bonds. The average Bonchev–Trinajstić information content (AvgIpc) is 3.06. The van der Waals surface area contributed by atoms with Crippen LogP contribution in [0.15, 0.2) is 60.9 Å². The third kappa shape index (κ3) is 4.14. The number of nitrogens with one attached hydrogen (secondary N) is 2. The van der Waals surface area contributed by atoms with Gasteiger partial charge in [0.25, 0.3) is 0 Å². The molecular formula is C20H19N5O3S. The predicted molar refractivity (Wildman–Crippen MR) is 113 cm³/mol. The van der Waals surface area contributed by atoms with Gasteiger partial charge in [0, 0.05) is 17.4 Å². The fraction of sp³-hybridized carbons (Fsp3) is 0.100. The zero-order valence-electron chi connectivity index (χ0n) is 15.8. The summed E-state index contributed by atoms with van der Waals surface area (Å²) in [7, 11) is -3.38. The standard InChI is InChI=1S/C20H19N5O3S/c1-13-6-7-15(11-18(13)24-29(2,27)28)22-19-8-9-25-20(23-19)17(12-21-25)14-4-3-5-16(26)10-14/h3-12,24,26H,1-2H3,(H,22,23). The molecular weight excluding hydrogens is 390 g/mol. The number of phenols is 1. The van der Waals surface area contributed by atoms with Gasteiger partial charge in [0.1, 0.15) is 11.6 Å². The second-order valence-corrected chi connectivity index (χ2v) is 8.47. The van der Waals surface area contributed by atoms with Gasteiger partial charge >= 0.3 is 0 Å². The van der Waals surface area contributed by atoms with E-state index < -0.39 is 10.0 Å². The third-order valence-electron chi connectivity index (χ3n) is 4.33. The van der Waals surface area contributed by atoms with Crippen LogP contribution in [0.1, 0.15) is 5.56 Å². The van der Waals surface area contributed by atoms with Crippen molar-refractivity contribution < 1.29 is 13.5 Å². The van der Waals surface area contributed by atoms with Gasteiger partial charge in [0.05, 0.1) is 18.1 Å². The van der Waals surface area contributed by atoms with Crippen molar-refractivity contribution in [3.63, 3.8) is 0 Å². The van der Waals surface area contributed by atoms with Gasteiger partial charge in [0.2, 0.25) is 10.0 Å². The lowest BCUT2D eigenvalue weighted by molar-refractivity contribution is 0.475. The van der Waals surface area contributed by atoms with Crippen LogP contribution in [-0.4, -0.2) is 34.4 Å². The average molecular weight is 409 g/mol. The van der Waals surface area contributed by atoms with Crippen LogP contribution in [0, 0.1) is 6.92 Å². The molecule has 9 heteroatoms. The summed E-state index contributed by atoms with van der Waals surface area (Å²) in [6.45, 7) is 1.83. The highest BCUT2D eigenvalue weighted by Crippen LogP contribution is 2.28. The van der Waals surface area contributed by atoms with E-state index in [1.54, 1.807) is 47.2 Å². The SMILES string of the molecule is Cc1ccc(Nc2ccn3ncc(-c4cccc(O)c4)c3n2)cc1NS(C)(=O)=O. The van der Waals surface area contributed by atoms with Crippen molar-refractivity contribution in [1.82, 2.24) is 14.6 Å². The Hall–Kier alpha value is -3.59. The molecule has 0 spiro atoms. The molecule has 0 bridgehead atoms. The Morgan fingerprint density at radius 1 is 1.10 bits per heavy atom. The van der Waals surface area contributed by atoms with E-state index in [0.717, 1.165) is 22.9 Å². The van der Waals surface area contributed by atoms with Gasteiger partial charge in [0.15, 0.2) is 5.65 Å². The van der Waals surface area contributed by atoms with Gasteiger partial charge in [-0.25, -0.2) is 17.9 Å². The summed E-state index contributed by atoms with van der Waals surface area (Å²) >= 11 is 0. The first-order valence-electron chi connectivity index (χ1n) is 8.78. The maximum atomic E-state index is 11.6. The molecule has 0 aliphatic rings. The van der Waals surface area contributed by atoms with Crippen molar-refractivity contribution in [2.45, 2.75) is 6.92 Å². The Bertz CT molecular complexity index is 1310. The molecule has 0 unspecified atom stereocenters. The number of hydrogen-bond donors (Lipinski definition) is 3. The van der Waals surface area contributed by atoms with E-state index in [2.05, 4.69) is 20.1 Å². The predicted octanol–water partition coefficient (Wildman–Crippen LogP) is 3.53. The highest BCUT2D eigenvalue weighted by atomic mass is 32.2. The third-order valence-corrected chi connectivity index (χ3v) is 4.92. The van der Waals surface area contributed by atoms with Crippen molar-refractivity contribution in [2.75, 3.05) is 16.3 Å². The molecule has 0 fully saturated rings. The molecule has 3 N–H and O–H groups in total. The van der Waals surface area contributed by atoms with Crippen molar-refractivity contribution in [3.05, 3.63) is 66.5 Å². The van der Waals surface area contributed by atoms with Crippen LogP contribution in [-0.2, 0) is 10.0 Å². The smallest absolute Gasteiger partial charge is 0.229 e. The van der Waals surface area contributed by atoms with Crippen molar-refractivity contribution >= 4 is 32.9 Å². The highest BCUT2D eigenvalue weighted by molar-refractivity contribution is 7.92. The lowest BCUT2D eigenvalue weighted by Crippen LogP contribution is -2.10. The van der Waals surface area contributed by atoms with Gasteiger partial charge in [-0.1, -0.05) is 18.2 Å². The first-order chi connectivity index (χ1) is 13.8. The summed E-state index contributed by atoms with van der Waals surface area (Å²) in [4.78, 5) is 4.63. The summed E-state index contributed by atoms with van der Waals surface area (Å²) in [6.07, 6.45) is 4.59. The van der Waals surface area contributed by atoms with Crippen LogP contribution < -0.4 is 10.0 Å². The van der Waals surface area contributed by atoms with Crippen LogP contribution in [0.3, 0.4) is 0 Å². The second-order valence-electron chi connectivity index (χ2n) is 6.72. The van der Waals surface area contributed by atoms with Crippen LogP contribution in [0.5, 0.6) is 5.75 Å². The first-order valence-corrected chi connectivity index (χ1v) is 10.7. The number of phenolic OH excluding ortho intramolecular Hbond substituents is 1. The van der Waals surface area contributed by atoms with Crippen molar-refractivity contribution in [2.24, 2.45) is 0 Å². The summed E-state index contributed by atoms with van der Waals surface area (Å²) in [5.41, 5.74) is 4.22. The monoisotopic (exact) mass is 409 g/mol.